The van der Waals surface area contributed by atoms with E-state index in [4.69, 9.17) is 31.0 Å². The van der Waals surface area contributed by atoms with Gasteiger partial charge >= 0.3 is 6.01 Å². The number of likely N-dealkylation sites (N-methyl/N-ethyl adjacent to an activating group) is 1. The Morgan fingerprint density at radius 2 is 1.94 bits per heavy atom. The highest BCUT2D eigenvalue weighted by Crippen LogP contribution is 2.52. The molecular formula is C37H46ClN7O3. The number of hydrogen-bond acceptors (Lipinski definition) is 10. The van der Waals surface area contributed by atoms with E-state index in [9.17, 15) is 10.4 Å². The van der Waals surface area contributed by atoms with Crippen LogP contribution < -0.4 is 14.5 Å². The number of aromatic nitrogens is 2. The molecule has 1 spiro atoms. The second kappa shape index (κ2) is 14.2. The fourth-order valence-electron chi connectivity index (χ4n) is 8.27. The molecule has 7 rings (SSSR count). The van der Waals surface area contributed by atoms with Gasteiger partial charge in [-0.15, -0.1) is 0 Å². The molecule has 1 aromatic heterocycles. The summed E-state index contributed by atoms with van der Waals surface area (Å²) in [7, 11) is 3.78. The molecule has 48 heavy (non-hydrogen) atoms. The Bertz CT molecular complexity index is 1690. The van der Waals surface area contributed by atoms with Crippen molar-refractivity contribution in [3.05, 3.63) is 64.8 Å². The molecule has 3 fully saturated rings. The highest BCUT2D eigenvalue weighted by Gasteiger charge is 2.49. The van der Waals surface area contributed by atoms with E-state index in [-0.39, 0.29) is 11.5 Å². The standard InChI is InChI=1S/C37H46ClN7O3/c1-42-18-5-10-28(42)24-48-36-40-30-23-44(31-12-4-9-26-8-3-11-29(38)33(26)31)25-37(15-7-16-37)34(30)35(41-36)43-19-20-45(27(22-43)14-17-39)32(46)13-6-21-47-2/h3-4,6,8-9,11-13,27-28,32,46H,5,7,10,14-16,18-25H2,1-2H3/b13-6+/t27-,28-,32?/m0/s1. The van der Waals surface area contributed by atoms with Crippen LogP contribution in [0.25, 0.3) is 10.8 Å². The number of aliphatic hydroxyl groups excluding tert-OH is 1. The van der Waals surface area contributed by atoms with Crippen LogP contribution in [0.2, 0.25) is 5.02 Å². The molecule has 0 bridgehead atoms. The van der Waals surface area contributed by atoms with Crippen LogP contribution in [-0.4, -0.2) is 103 Å². The van der Waals surface area contributed by atoms with Crippen LogP contribution in [0.15, 0.2) is 48.6 Å². The summed E-state index contributed by atoms with van der Waals surface area (Å²) < 4.78 is 11.6. The molecule has 2 saturated heterocycles. The van der Waals surface area contributed by atoms with Crippen molar-refractivity contribution in [1.82, 2.24) is 19.8 Å². The Morgan fingerprint density at radius 3 is 2.67 bits per heavy atom. The van der Waals surface area contributed by atoms with Gasteiger partial charge in [0.2, 0.25) is 0 Å². The van der Waals surface area contributed by atoms with Crippen molar-refractivity contribution in [1.29, 1.82) is 5.26 Å². The van der Waals surface area contributed by atoms with Gasteiger partial charge in [-0.05, 0) is 62.9 Å². The van der Waals surface area contributed by atoms with Crippen molar-refractivity contribution in [3.63, 3.8) is 0 Å². The minimum Gasteiger partial charge on any atom is -0.462 e. The number of fused-ring (bicyclic) bond motifs is 3. The Labute approximate surface area is 288 Å². The molecule has 1 saturated carbocycles. The fraction of sp³-hybridized carbons (Fsp3) is 0.541. The molecule has 10 nitrogen and oxygen atoms in total. The summed E-state index contributed by atoms with van der Waals surface area (Å²) in [5.41, 5.74) is 3.27. The number of ether oxygens (including phenoxy) is 2. The number of likely N-dealkylation sites (tertiary alicyclic amines) is 1. The molecular weight excluding hydrogens is 626 g/mol. The third-order valence-corrected chi connectivity index (χ3v) is 11.2. The SMILES string of the molecule is COC/C=C/C(O)N1CCN(c2nc(OC[C@@H]3CCCN3C)nc3c2C2(CCC2)CN(c2cccc4cccc(Cl)c24)C3)C[C@@H]1CC#N. The first-order valence-corrected chi connectivity index (χ1v) is 17.7. The lowest BCUT2D eigenvalue weighted by Gasteiger charge is -2.52. The first kappa shape index (κ1) is 33.1. The predicted molar refractivity (Wildman–Crippen MR) is 189 cm³/mol. The highest BCUT2D eigenvalue weighted by molar-refractivity contribution is 6.36. The maximum atomic E-state index is 11.0. The van der Waals surface area contributed by atoms with Crippen LogP contribution in [0, 0.1) is 11.3 Å². The molecule has 0 radical (unpaired) electrons. The lowest BCUT2D eigenvalue weighted by Crippen LogP contribution is -2.57. The van der Waals surface area contributed by atoms with Gasteiger partial charge in [-0.2, -0.15) is 15.2 Å². The Balaban J connectivity index is 1.27. The van der Waals surface area contributed by atoms with Crippen molar-refractivity contribution < 1.29 is 14.6 Å². The largest absolute Gasteiger partial charge is 0.462 e. The van der Waals surface area contributed by atoms with Crippen molar-refractivity contribution in [2.75, 3.05) is 69.9 Å². The number of anilines is 2. The van der Waals surface area contributed by atoms with Crippen molar-refractivity contribution in [3.8, 4) is 12.1 Å². The summed E-state index contributed by atoms with van der Waals surface area (Å²) in [5, 5.41) is 23.8. The van der Waals surface area contributed by atoms with Gasteiger partial charge < -0.3 is 29.3 Å². The molecule has 4 heterocycles. The number of nitriles is 1. The van der Waals surface area contributed by atoms with E-state index in [0.29, 0.717) is 57.9 Å². The Kier molecular flexibility index (Phi) is 9.77. The summed E-state index contributed by atoms with van der Waals surface area (Å²) in [6, 6.07) is 15.5. The predicted octanol–water partition coefficient (Wildman–Crippen LogP) is 5.12. The second-order valence-corrected chi connectivity index (χ2v) is 14.2. The quantitative estimate of drug-likeness (QED) is 0.292. The number of benzene rings is 2. The number of aliphatic hydroxyl groups is 1. The third-order valence-electron chi connectivity index (χ3n) is 10.9. The van der Waals surface area contributed by atoms with Crippen LogP contribution in [0.4, 0.5) is 11.5 Å². The van der Waals surface area contributed by atoms with E-state index < -0.39 is 6.23 Å². The van der Waals surface area contributed by atoms with Gasteiger partial charge in [-0.25, -0.2) is 0 Å². The minimum absolute atomic E-state index is 0.0964. The molecule has 0 amide bonds. The number of hydrogen-bond donors (Lipinski definition) is 1. The van der Waals surface area contributed by atoms with E-state index in [1.54, 1.807) is 13.2 Å². The molecule has 3 aliphatic heterocycles. The number of nitrogens with zero attached hydrogens (tertiary/aromatic N) is 7. The first-order valence-electron chi connectivity index (χ1n) is 17.3. The summed E-state index contributed by atoms with van der Waals surface area (Å²) in [6.07, 6.45) is 8.63. The van der Waals surface area contributed by atoms with Gasteiger partial charge in [-0.3, -0.25) is 4.90 Å². The topological polar surface area (TPSA) is 101 Å². The average Bonchev–Trinajstić information content (AvgIpc) is 3.50. The smallest absolute Gasteiger partial charge is 0.318 e. The molecule has 254 valence electrons. The zero-order valence-corrected chi connectivity index (χ0v) is 28.8. The van der Waals surface area contributed by atoms with Gasteiger partial charge in [-0.1, -0.05) is 48.4 Å². The third kappa shape index (κ3) is 6.35. The van der Waals surface area contributed by atoms with E-state index in [1.165, 1.54) is 12.0 Å². The first-order chi connectivity index (χ1) is 23.4. The van der Waals surface area contributed by atoms with Crippen molar-refractivity contribution in [2.24, 2.45) is 0 Å². The lowest BCUT2D eigenvalue weighted by atomic mass is 9.62. The van der Waals surface area contributed by atoms with Crippen LogP contribution >= 0.6 is 11.6 Å². The van der Waals surface area contributed by atoms with Crippen LogP contribution in [0.5, 0.6) is 6.01 Å². The van der Waals surface area contributed by atoms with Crippen molar-refractivity contribution in [2.45, 2.75) is 68.8 Å². The maximum absolute atomic E-state index is 11.0. The fourth-order valence-corrected chi connectivity index (χ4v) is 8.55. The maximum Gasteiger partial charge on any atom is 0.318 e. The molecule has 1 unspecified atom stereocenters. The summed E-state index contributed by atoms with van der Waals surface area (Å²) >= 11 is 6.84. The Morgan fingerprint density at radius 1 is 1.10 bits per heavy atom. The molecule has 3 aromatic rings. The van der Waals surface area contributed by atoms with Crippen LogP contribution in [0.3, 0.4) is 0 Å². The average molecular weight is 672 g/mol. The van der Waals surface area contributed by atoms with E-state index in [2.05, 4.69) is 52.1 Å². The zero-order chi connectivity index (χ0) is 33.3. The lowest BCUT2D eigenvalue weighted by molar-refractivity contribution is 0.00358. The number of rotatable bonds is 10. The van der Waals surface area contributed by atoms with Gasteiger partial charge in [0.1, 0.15) is 18.7 Å². The van der Waals surface area contributed by atoms with Crippen molar-refractivity contribution >= 4 is 33.9 Å². The molecule has 2 aromatic carbocycles. The van der Waals surface area contributed by atoms with E-state index in [1.807, 2.05) is 23.1 Å². The molecule has 3 atom stereocenters. The second-order valence-electron chi connectivity index (χ2n) is 13.8. The summed E-state index contributed by atoms with van der Waals surface area (Å²) in [5.74, 6) is 0.928. The highest BCUT2D eigenvalue weighted by atomic mass is 35.5. The molecule has 4 aliphatic rings. The molecule has 11 heteroatoms. The molecule has 1 N–H and O–H groups in total. The Hall–Kier alpha value is -3.46. The van der Waals surface area contributed by atoms with Gasteiger partial charge in [0.05, 0.1) is 36.4 Å². The minimum atomic E-state index is -0.790. The van der Waals surface area contributed by atoms with Gasteiger partial charge in [0.15, 0.2) is 0 Å². The van der Waals surface area contributed by atoms with E-state index in [0.717, 1.165) is 71.8 Å². The monoisotopic (exact) mass is 671 g/mol. The van der Waals surface area contributed by atoms with Crippen LogP contribution in [-0.2, 0) is 16.7 Å². The molecule has 1 aliphatic carbocycles. The summed E-state index contributed by atoms with van der Waals surface area (Å²) in [6.45, 7) is 5.38. The number of methoxy groups -OCH3 is 1. The van der Waals surface area contributed by atoms with Gasteiger partial charge in [0.25, 0.3) is 0 Å². The van der Waals surface area contributed by atoms with Gasteiger partial charge in [0, 0.05) is 67.4 Å². The van der Waals surface area contributed by atoms with Crippen LogP contribution in [0.1, 0.15) is 49.8 Å². The number of halogens is 1. The zero-order valence-electron chi connectivity index (χ0n) is 28.0. The van der Waals surface area contributed by atoms with E-state index >= 15 is 0 Å². The summed E-state index contributed by atoms with van der Waals surface area (Å²) in [4.78, 5) is 19.5. The number of piperazine rings is 1. The normalized spacial score (nSPS) is 23.4.